The van der Waals surface area contributed by atoms with Crippen LogP contribution in [0.1, 0.15) is 66.9 Å². The molecule has 0 aromatic heterocycles. The van der Waals surface area contributed by atoms with Crippen molar-refractivity contribution in [3.63, 3.8) is 0 Å². The second-order valence-corrected chi connectivity index (χ2v) is 6.99. The first-order chi connectivity index (χ1) is 8.97. The predicted molar refractivity (Wildman–Crippen MR) is 76.4 cm³/mol. The van der Waals surface area contributed by atoms with Gasteiger partial charge < -0.3 is 5.11 Å². The molecule has 0 radical (unpaired) electrons. The van der Waals surface area contributed by atoms with Crippen LogP contribution < -0.4 is 0 Å². The summed E-state index contributed by atoms with van der Waals surface area (Å²) in [4.78, 5) is 12.2. The quantitative estimate of drug-likeness (QED) is 0.898. The monoisotopic (exact) mass is 280 g/mol. The molecule has 1 aromatic rings. The van der Waals surface area contributed by atoms with Crippen LogP contribution in [-0.4, -0.2) is 21.0 Å². The molecule has 4 heteroatoms. The first-order valence-electron chi connectivity index (χ1n) is 6.75. The molecule has 0 amide bonds. The van der Waals surface area contributed by atoms with Gasteiger partial charge in [-0.3, -0.25) is 4.21 Å². The Bertz CT molecular complexity index is 530. The average Bonchev–Trinajstić information content (AvgIpc) is 3.19. The lowest BCUT2D eigenvalue weighted by molar-refractivity contribution is 0.0695. The van der Waals surface area contributed by atoms with Crippen molar-refractivity contribution in [1.82, 2.24) is 0 Å². The molecule has 0 saturated heterocycles. The van der Waals surface area contributed by atoms with Crippen molar-refractivity contribution < 1.29 is 14.1 Å². The van der Waals surface area contributed by atoms with Crippen LogP contribution >= 0.6 is 0 Å². The van der Waals surface area contributed by atoms with Crippen LogP contribution in [0.2, 0.25) is 0 Å². The number of carboxylic acid groups (broad SMARTS) is 1. The van der Waals surface area contributed by atoms with E-state index in [0.717, 1.165) is 28.9 Å². The molecule has 3 nitrogen and oxygen atoms in total. The van der Waals surface area contributed by atoms with Gasteiger partial charge in [-0.05, 0) is 41.9 Å². The third-order valence-corrected chi connectivity index (χ3v) is 4.99. The minimum Gasteiger partial charge on any atom is -0.478 e. The maximum atomic E-state index is 12.4. The normalized spacial score (nSPS) is 16.6. The first kappa shape index (κ1) is 14.3. The van der Waals surface area contributed by atoms with Crippen LogP contribution in [0, 0.1) is 0 Å². The molecule has 104 valence electrons. The van der Waals surface area contributed by atoms with Gasteiger partial charge in [0.05, 0.1) is 16.4 Å². The summed E-state index contributed by atoms with van der Waals surface area (Å²) < 4.78 is 12.4. The lowest BCUT2D eigenvalue weighted by atomic mass is 9.94. The number of hydrogen-bond donors (Lipinski definition) is 1. The van der Waals surface area contributed by atoms with Crippen molar-refractivity contribution in [2.75, 3.05) is 5.75 Å². The molecule has 1 fully saturated rings. The standard InChI is InChI=1S/C15H20O3S/c1-4-19(18)14-11(9(2)3)7-8-12(15(16)17)13(14)10-5-6-10/h7-10H,4-6H2,1-3H3,(H,16,17)/t19-/m0/s1. The number of carbonyl (C=O) groups is 1. The van der Waals surface area contributed by atoms with E-state index in [1.165, 1.54) is 0 Å². The Morgan fingerprint density at radius 2 is 2.05 bits per heavy atom. The Morgan fingerprint density at radius 3 is 2.47 bits per heavy atom. The molecule has 0 bridgehead atoms. The van der Waals surface area contributed by atoms with Crippen molar-refractivity contribution >= 4 is 16.8 Å². The van der Waals surface area contributed by atoms with Gasteiger partial charge in [-0.2, -0.15) is 0 Å². The summed E-state index contributed by atoms with van der Waals surface area (Å²) in [5, 5.41) is 9.35. The smallest absolute Gasteiger partial charge is 0.336 e. The zero-order valence-electron chi connectivity index (χ0n) is 11.6. The van der Waals surface area contributed by atoms with Gasteiger partial charge in [-0.15, -0.1) is 0 Å². The number of benzene rings is 1. The van der Waals surface area contributed by atoms with E-state index in [1.807, 2.05) is 13.0 Å². The number of carboxylic acids is 1. The lowest BCUT2D eigenvalue weighted by Gasteiger charge is -2.18. The topological polar surface area (TPSA) is 54.4 Å². The summed E-state index contributed by atoms with van der Waals surface area (Å²) in [5.74, 6) is 0.162. The lowest BCUT2D eigenvalue weighted by Crippen LogP contribution is -2.11. The van der Waals surface area contributed by atoms with Crippen LogP contribution in [0.15, 0.2) is 17.0 Å². The summed E-state index contributed by atoms with van der Waals surface area (Å²) in [6.07, 6.45) is 2.02. The third kappa shape index (κ3) is 2.73. The highest BCUT2D eigenvalue weighted by molar-refractivity contribution is 7.85. The molecule has 1 aliphatic rings. The van der Waals surface area contributed by atoms with Crippen LogP contribution in [0.4, 0.5) is 0 Å². The molecule has 1 N–H and O–H groups in total. The van der Waals surface area contributed by atoms with E-state index in [9.17, 15) is 14.1 Å². The fourth-order valence-corrected chi connectivity index (χ4v) is 3.81. The maximum Gasteiger partial charge on any atom is 0.336 e. The minimum atomic E-state index is -1.10. The minimum absolute atomic E-state index is 0.255. The fraction of sp³-hybridized carbons (Fsp3) is 0.533. The highest BCUT2D eigenvalue weighted by Crippen LogP contribution is 2.46. The highest BCUT2D eigenvalue weighted by atomic mass is 32.2. The molecule has 19 heavy (non-hydrogen) atoms. The predicted octanol–water partition coefficient (Wildman–Crippen LogP) is 3.51. The molecule has 0 aliphatic heterocycles. The van der Waals surface area contributed by atoms with E-state index in [-0.39, 0.29) is 11.8 Å². The Morgan fingerprint density at radius 1 is 1.42 bits per heavy atom. The molecule has 0 spiro atoms. The van der Waals surface area contributed by atoms with Crippen molar-refractivity contribution in [2.45, 2.75) is 50.3 Å². The fourth-order valence-electron chi connectivity index (χ4n) is 2.43. The first-order valence-corrected chi connectivity index (χ1v) is 8.07. The largest absolute Gasteiger partial charge is 0.478 e. The van der Waals surface area contributed by atoms with E-state index in [2.05, 4.69) is 13.8 Å². The molecular weight excluding hydrogens is 260 g/mol. The summed E-state index contributed by atoms with van der Waals surface area (Å²) in [7, 11) is -1.10. The molecule has 0 unspecified atom stereocenters. The second-order valence-electron chi connectivity index (χ2n) is 5.31. The Kier molecular flexibility index (Phi) is 4.09. The van der Waals surface area contributed by atoms with E-state index < -0.39 is 16.8 Å². The van der Waals surface area contributed by atoms with Gasteiger partial charge in [0.2, 0.25) is 0 Å². The zero-order valence-corrected chi connectivity index (χ0v) is 12.4. The third-order valence-electron chi connectivity index (χ3n) is 3.55. The number of rotatable bonds is 5. The summed E-state index contributed by atoms with van der Waals surface area (Å²) >= 11 is 0. The molecule has 1 atom stereocenters. The summed E-state index contributed by atoms with van der Waals surface area (Å²) in [6, 6.07) is 3.52. The molecule has 1 aromatic carbocycles. The number of aromatic carboxylic acids is 1. The van der Waals surface area contributed by atoms with Gasteiger partial charge in [-0.1, -0.05) is 26.8 Å². The average molecular weight is 280 g/mol. The molecule has 2 rings (SSSR count). The van der Waals surface area contributed by atoms with E-state index in [1.54, 1.807) is 6.07 Å². The number of hydrogen-bond acceptors (Lipinski definition) is 2. The Hall–Kier alpha value is -1.16. The molecule has 1 aliphatic carbocycles. The SMILES string of the molecule is CC[S@](=O)c1c(C(C)C)ccc(C(=O)O)c1C1CC1. The maximum absolute atomic E-state index is 12.4. The van der Waals surface area contributed by atoms with E-state index in [0.29, 0.717) is 11.3 Å². The van der Waals surface area contributed by atoms with Gasteiger partial charge in [0, 0.05) is 10.6 Å². The van der Waals surface area contributed by atoms with Crippen molar-refractivity contribution in [3.8, 4) is 0 Å². The van der Waals surface area contributed by atoms with E-state index in [4.69, 9.17) is 0 Å². The van der Waals surface area contributed by atoms with Crippen molar-refractivity contribution in [2.24, 2.45) is 0 Å². The van der Waals surface area contributed by atoms with Crippen molar-refractivity contribution in [3.05, 3.63) is 28.8 Å². The Balaban J connectivity index is 2.71. The van der Waals surface area contributed by atoms with Gasteiger partial charge in [-0.25, -0.2) is 4.79 Å². The van der Waals surface area contributed by atoms with Crippen LogP contribution in [0.5, 0.6) is 0 Å². The van der Waals surface area contributed by atoms with Crippen LogP contribution in [-0.2, 0) is 10.8 Å². The van der Waals surface area contributed by atoms with Crippen LogP contribution in [0.3, 0.4) is 0 Å². The van der Waals surface area contributed by atoms with Gasteiger partial charge in [0.25, 0.3) is 0 Å². The highest BCUT2D eigenvalue weighted by Gasteiger charge is 2.33. The molecular formula is C15H20O3S. The molecule has 1 saturated carbocycles. The van der Waals surface area contributed by atoms with Gasteiger partial charge in [0.15, 0.2) is 0 Å². The second kappa shape index (κ2) is 5.45. The Labute approximate surface area is 116 Å². The van der Waals surface area contributed by atoms with Gasteiger partial charge in [0.1, 0.15) is 0 Å². The van der Waals surface area contributed by atoms with Crippen LogP contribution in [0.25, 0.3) is 0 Å². The molecule has 0 heterocycles. The summed E-state index contributed by atoms with van der Waals surface area (Å²) in [5.41, 5.74) is 2.20. The van der Waals surface area contributed by atoms with Crippen molar-refractivity contribution in [1.29, 1.82) is 0 Å². The summed E-state index contributed by atoms with van der Waals surface area (Å²) in [6.45, 7) is 6.00. The zero-order chi connectivity index (χ0) is 14.2. The van der Waals surface area contributed by atoms with Gasteiger partial charge >= 0.3 is 5.97 Å². The van der Waals surface area contributed by atoms with E-state index >= 15 is 0 Å².